The number of hydrogen-bond acceptors (Lipinski definition) is 10. The molecule has 0 aliphatic carbocycles. The van der Waals surface area contributed by atoms with E-state index in [-0.39, 0.29) is 35.7 Å². The third kappa shape index (κ3) is 6.73. The van der Waals surface area contributed by atoms with Gasteiger partial charge >= 0.3 is 17.6 Å². The summed E-state index contributed by atoms with van der Waals surface area (Å²) in [6.45, 7) is 2.78. The summed E-state index contributed by atoms with van der Waals surface area (Å²) in [4.78, 5) is 42.6. The first-order valence-electron chi connectivity index (χ1n) is 12.1. The van der Waals surface area contributed by atoms with Crippen molar-refractivity contribution in [2.45, 2.75) is 46.0 Å². The summed E-state index contributed by atoms with van der Waals surface area (Å²) in [6.07, 6.45) is 3.09. The Morgan fingerprint density at radius 2 is 1.82 bits per heavy atom. The van der Waals surface area contributed by atoms with Crippen molar-refractivity contribution in [1.29, 1.82) is 0 Å². The third-order valence-corrected chi connectivity index (χ3v) is 7.36. The van der Waals surface area contributed by atoms with Crippen molar-refractivity contribution >= 4 is 45.8 Å². The van der Waals surface area contributed by atoms with Gasteiger partial charge in [0.05, 0.1) is 10.6 Å². The zero-order valence-electron chi connectivity index (χ0n) is 21.2. The van der Waals surface area contributed by atoms with E-state index in [1.54, 1.807) is 6.07 Å². The van der Waals surface area contributed by atoms with Crippen LogP contribution in [0.3, 0.4) is 0 Å². The number of fused-ring (bicyclic) bond motifs is 1. The van der Waals surface area contributed by atoms with Crippen molar-refractivity contribution in [3.05, 3.63) is 62.3 Å². The minimum atomic E-state index is -0.558. The number of halogens is 1. The molecule has 10 nitrogen and oxygen atoms in total. The van der Waals surface area contributed by atoms with Crippen molar-refractivity contribution < 1.29 is 38.5 Å². The number of carbonyl (C=O) groups excluding carboxylic acids is 2. The minimum absolute atomic E-state index is 0.142. The number of ether oxygens (including phenoxy) is 2. The van der Waals surface area contributed by atoms with Gasteiger partial charge in [0.1, 0.15) is 11.3 Å². The second-order valence-corrected chi connectivity index (χ2v) is 10.3. The molecule has 0 aliphatic heterocycles. The molecule has 0 saturated carbocycles. The Kier molecular flexibility index (Phi) is 8.82. The second kappa shape index (κ2) is 12.3. The SMILES string of the molecule is CC(=O)OCOc1cc2oc(=O)c(-c3ccc(CCCCCC(=O)On4c(O)ccc4O)s3)c(C)c2cc1Cl. The molecule has 0 saturated heterocycles. The Balaban J connectivity index is 1.36. The number of hydrogen-bond donors (Lipinski definition) is 2. The zero-order valence-corrected chi connectivity index (χ0v) is 22.8. The fraction of sp³-hybridized carbons (Fsp3) is 0.296. The number of nitrogens with zero attached hydrogens (tertiary/aromatic N) is 1. The number of aromatic hydroxyl groups is 2. The summed E-state index contributed by atoms with van der Waals surface area (Å²) >= 11 is 7.85. The summed E-state index contributed by atoms with van der Waals surface area (Å²) in [6, 6.07) is 9.44. The number of aryl methyl sites for hydroxylation is 2. The van der Waals surface area contributed by atoms with E-state index in [4.69, 9.17) is 30.3 Å². The van der Waals surface area contributed by atoms with E-state index in [0.29, 0.717) is 27.7 Å². The third-order valence-electron chi connectivity index (χ3n) is 5.90. The molecule has 206 valence electrons. The van der Waals surface area contributed by atoms with E-state index >= 15 is 0 Å². The van der Waals surface area contributed by atoms with E-state index in [1.807, 2.05) is 19.1 Å². The van der Waals surface area contributed by atoms with Crippen molar-refractivity contribution in [3.8, 4) is 28.0 Å². The van der Waals surface area contributed by atoms with Crippen LogP contribution in [0, 0.1) is 6.92 Å². The molecule has 0 atom stereocenters. The summed E-state index contributed by atoms with van der Waals surface area (Å²) in [5.74, 6) is -1.54. The fourth-order valence-electron chi connectivity index (χ4n) is 3.96. The molecular formula is C27H26ClNO9S. The molecule has 39 heavy (non-hydrogen) atoms. The molecule has 0 bridgehead atoms. The molecule has 0 radical (unpaired) electrons. The standard InChI is InChI=1S/C27H26ClNO9S/c1-15-18-12-19(28)21(36-14-35-16(2)30)13-20(18)37-27(34)26(15)22-9-8-17(39-22)6-4-3-5-7-25(33)38-29-23(31)10-11-24(29)32/h8-13,31-32H,3-7,14H2,1-2H3. The average Bonchev–Trinajstić information content (AvgIpc) is 3.46. The van der Waals surface area contributed by atoms with Gasteiger partial charge in [0.15, 0.2) is 0 Å². The molecule has 0 fully saturated rings. The highest BCUT2D eigenvalue weighted by atomic mass is 35.5. The Morgan fingerprint density at radius 1 is 1.08 bits per heavy atom. The van der Waals surface area contributed by atoms with Gasteiger partial charge in [-0.3, -0.25) is 4.79 Å². The smallest absolute Gasteiger partial charge is 0.345 e. The van der Waals surface area contributed by atoms with Gasteiger partial charge in [-0.25, -0.2) is 9.59 Å². The van der Waals surface area contributed by atoms with E-state index < -0.39 is 17.6 Å². The van der Waals surface area contributed by atoms with E-state index in [1.165, 1.54) is 36.5 Å². The number of unbranched alkanes of at least 4 members (excludes halogenated alkanes) is 2. The van der Waals surface area contributed by atoms with Crippen LogP contribution < -0.4 is 15.2 Å². The van der Waals surface area contributed by atoms with Crippen molar-refractivity contribution in [2.24, 2.45) is 0 Å². The van der Waals surface area contributed by atoms with Gasteiger partial charge in [-0.15, -0.1) is 16.1 Å². The maximum atomic E-state index is 12.9. The highest BCUT2D eigenvalue weighted by Crippen LogP contribution is 2.36. The maximum Gasteiger partial charge on any atom is 0.345 e. The Bertz CT molecular complexity index is 1550. The lowest BCUT2D eigenvalue weighted by Crippen LogP contribution is -2.18. The lowest BCUT2D eigenvalue weighted by molar-refractivity contribution is -0.147. The van der Waals surface area contributed by atoms with Gasteiger partial charge in [-0.05, 0) is 49.9 Å². The fourth-order valence-corrected chi connectivity index (χ4v) is 5.32. The number of aromatic nitrogens is 1. The van der Waals surface area contributed by atoms with Gasteiger partial charge in [0, 0.05) is 46.7 Å². The molecule has 0 spiro atoms. The monoisotopic (exact) mass is 575 g/mol. The first-order valence-corrected chi connectivity index (χ1v) is 13.3. The van der Waals surface area contributed by atoms with Crippen LogP contribution in [0.15, 0.2) is 45.6 Å². The van der Waals surface area contributed by atoms with Gasteiger partial charge < -0.3 is 28.9 Å². The van der Waals surface area contributed by atoms with Crippen molar-refractivity contribution in [3.63, 3.8) is 0 Å². The van der Waals surface area contributed by atoms with Gasteiger partial charge in [0.2, 0.25) is 18.6 Å². The lowest BCUT2D eigenvalue weighted by atomic mass is 10.0. The van der Waals surface area contributed by atoms with Gasteiger partial charge in [0.25, 0.3) is 0 Å². The average molecular weight is 576 g/mol. The topological polar surface area (TPSA) is 137 Å². The molecule has 3 aromatic heterocycles. The molecule has 0 aliphatic rings. The molecule has 4 aromatic rings. The van der Waals surface area contributed by atoms with E-state index in [9.17, 15) is 24.6 Å². The Morgan fingerprint density at radius 3 is 2.54 bits per heavy atom. The predicted octanol–water partition coefficient (Wildman–Crippen LogP) is 5.35. The minimum Gasteiger partial charge on any atom is -0.492 e. The van der Waals surface area contributed by atoms with Crippen molar-refractivity contribution in [2.75, 3.05) is 6.79 Å². The molecule has 12 heteroatoms. The van der Waals surface area contributed by atoms with Crippen LogP contribution in [-0.2, 0) is 20.7 Å². The normalized spacial score (nSPS) is 11.1. The van der Waals surface area contributed by atoms with Crippen molar-refractivity contribution in [1.82, 2.24) is 4.73 Å². The second-order valence-electron chi connectivity index (χ2n) is 8.70. The van der Waals surface area contributed by atoms with Crippen LogP contribution in [0.1, 0.15) is 43.0 Å². The number of rotatable bonds is 11. The highest BCUT2D eigenvalue weighted by molar-refractivity contribution is 7.15. The molecule has 0 amide bonds. The van der Waals surface area contributed by atoms with Crippen LogP contribution in [-0.4, -0.2) is 33.7 Å². The van der Waals surface area contributed by atoms with Crippen LogP contribution in [0.25, 0.3) is 21.4 Å². The Hall–Kier alpha value is -3.96. The zero-order chi connectivity index (χ0) is 28.1. The van der Waals surface area contributed by atoms with E-state index in [2.05, 4.69) is 0 Å². The summed E-state index contributed by atoms with van der Waals surface area (Å²) in [7, 11) is 0. The first kappa shape index (κ1) is 28.1. The van der Waals surface area contributed by atoms with Crippen LogP contribution in [0.2, 0.25) is 5.02 Å². The van der Waals surface area contributed by atoms with Crippen LogP contribution in [0.5, 0.6) is 17.5 Å². The molecule has 3 heterocycles. The predicted molar refractivity (Wildman–Crippen MR) is 144 cm³/mol. The number of carbonyl (C=O) groups is 2. The maximum absolute atomic E-state index is 12.9. The Labute approximate surface area is 231 Å². The molecular weight excluding hydrogens is 550 g/mol. The van der Waals surface area contributed by atoms with Gasteiger partial charge in [-0.2, -0.15) is 0 Å². The van der Waals surface area contributed by atoms with Crippen LogP contribution >= 0.6 is 22.9 Å². The summed E-state index contributed by atoms with van der Waals surface area (Å²) in [5, 5.41) is 20.0. The van der Waals surface area contributed by atoms with E-state index in [0.717, 1.165) is 34.6 Å². The summed E-state index contributed by atoms with van der Waals surface area (Å²) in [5.41, 5.74) is 1.00. The number of esters is 1. The van der Waals surface area contributed by atoms with Gasteiger partial charge in [-0.1, -0.05) is 18.0 Å². The molecule has 0 unspecified atom stereocenters. The molecule has 1 aromatic carbocycles. The summed E-state index contributed by atoms with van der Waals surface area (Å²) < 4.78 is 16.4. The lowest BCUT2D eigenvalue weighted by Gasteiger charge is -2.11. The van der Waals surface area contributed by atoms with Crippen LogP contribution in [0.4, 0.5) is 0 Å². The largest absolute Gasteiger partial charge is 0.492 e. The molecule has 4 rings (SSSR count). The highest BCUT2D eigenvalue weighted by Gasteiger charge is 2.18. The first-order chi connectivity index (χ1) is 18.6. The quantitative estimate of drug-likeness (QED) is 0.105. The number of benzene rings is 1. The number of thiophene rings is 1. The molecule has 2 N–H and O–H groups in total.